The molecule has 0 amide bonds. The fourth-order valence-corrected chi connectivity index (χ4v) is 2.65. The molecular weight excluding hydrogens is 299 g/mol. The van der Waals surface area contributed by atoms with E-state index in [1.165, 1.54) is 16.8 Å². The molecule has 0 atom stereocenters. The van der Waals surface area contributed by atoms with Crippen molar-refractivity contribution in [3.63, 3.8) is 0 Å². The first-order valence-corrected chi connectivity index (χ1v) is 6.32. The summed E-state index contributed by atoms with van der Waals surface area (Å²) in [7, 11) is 0. The number of nitrogens with zero attached hydrogens (tertiary/aromatic N) is 3. The van der Waals surface area contributed by atoms with E-state index in [2.05, 4.69) is 10.1 Å². The highest BCUT2D eigenvalue weighted by Crippen LogP contribution is 2.38. The molecule has 0 bridgehead atoms. The molecule has 0 saturated heterocycles. The van der Waals surface area contributed by atoms with Crippen molar-refractivity contribution in [1.82, 2.24) is 14.6 Å². The number of rotatable bonds is 1. The Balaban J connectivity index is 2.14. The zero-order valence-electron chi connectivity index (χ0n) is 9.15. The van der Waals surface area contributed by atoms with Crippen LogP contribution in [0.25, 0.3) is 16.2 Å². The van der Waals surface area contributed by atoms with E-state index in [1.807, 2.05) is 0 Å². The zero-order chi connectivity index (χ0) is 13.6. The SMILES string of the molecule is FC(F)(F)c1ccc(-c2cnc3ccc(Cl)nn23)s1. The molecular formula is C11H5ClF3N3S. The Morgan fingerprint density at radius 3 is 2.63 bits per heavy atom. The van der Waals surface area contributed by atoms with E-state index in [0.717, 1.165) is 6.07 Å². The maximum Gasteiger partial charge on any atom is 0.425 e. The van der Waals surface area contributed by atoms with Crippen LogP contribution in [0.4, 0.5) is 13.2 Å². The third kappa shape index (κ3) is 2.19. The summed E-state index contributed by atoms with van der Waals surface area (Å²) in [5, 5.41) is 4.28. The quantitative estimate of drug-likeness (QED) is 0.676. The fraction of sp³-hybridized carbons (Fsp3) is 0.0909. The van der Waals surface area contributed by atoms with Crippen LogP contribution in [0.15, 0.2) is 30.5 Å². The Morgan fingerprint density at radius 1 is 1.16 bits per heavy atom. The van der Waals surface area contributed by atoms with Crippen molar-refractivity contribution in [2.24, 2.45) is 0 Å². The number of thiophene rings is 1. The molecule has 0 N–H and O–H groups in total. The molecule has 0 aliphatic rings. The number of alkyl halides is 3. The molecule has 3 aromatic rings. The van der Waals surface area contributed by atoms with Gasteiger partial charge in [0.15, 0.2) is 5.65 Å². The summed E-state index contributed by atoms with van der Waals surface area (Å²) in [4.78, 5) is 3.86. The average molecular weight is 304 g/mol. The van der Waals surface area contributed by atoms with Crippen molar-refractivity contribution in [1.29, 1.82) is 0 Å². The molecule has 0 radical (unpaired) electrons. The average Bonchev–Trinajstić information content (AvgIpc) is 2.92. The van der Waals surface area contributed by atoms with Crippen LogP contribution in [-0.4, -0.2) is 14.6 Å². The minimum atomic E-state index is -4.34. The molecule has 19 heavy (non-hydrogen) atoms. The normalized spacial score (nSPS) is 12.2. The number of hydrogen-bond donors (Lipinski definition) is 0. The van der Waals surface area contributed by atoms with Crippen LogP contribution in [0.3, 0.4) is 0 Å². The van der Waals surface area contributed by atoms with Gasteiger partial charge in [0.2, 0.25) is 0 Å². The molecule has 3 nitrogen and oxygen atoms in total. The second-order valence-electron chi connectivity index (χ2n) is 3.73. The molecule has 3 rings (SSSR count). The highest BCUT2D eigenvalue weighted by atomic mass is 35.5. The summed E-state index contributed by atoms with van der Waals surface area (Å²) in [6, 6.07) is 5.67. The van der Waals surface area contributed by atoms with E-state index in [9.17, 15) is 13.2 Å². The second kappa shape index (κ2) is 4.21. The van der Waals surface area contributed by atoms with Crippen LogP contribution in [0.5, 0.6) is 0 Å². The molecule has 0 fully saturated rings. The van der Waals surface area contributed by atoms with E-state index in [4.69, 9.17) is 11.6 Å². The summed E-state index contributed by atoms with van der Waals surface area (Å²) >= 11 is 6.43. The molecule has 0 saturated carbocycles. The van der Waals surface area contributed by atoms with Gasteiger partial charge in [-0.2, -0.15) is 18.3 Å². The first-order valence-electron chi connectivity index (χ1n) is 5.13. The minimum Gasteiger partial charge on any atom is -0.235 e. The molecule has 98 valence electrons. The third-order valence-corrected chi connectivity index (χ3v) is 3.82. The van der Waals surface area contributed by atoms with E-state index >= 15 is 0 Å². The van der Waals surface area contributed by atoms with Crippen molar-refractivity contribution in [3.8, 4) is 10.6 Å². The van der Waals surface area contributed by atoms with Gasteiger partial charge in [-0.25, -0.2) is 9.50 Å². The molecule has 3 aromatic heterocycles. The largest absolute Gasteiger partial charge is 0.425 e. The van der Waals surface area contributed by atoms with Gasteiger partial charge >= 0.3 is 6.18 Å². The van der Waals surface area contributed by atoms with Crippen LogP contribution < -0.4 is 0 Å². The van der Waals surface area contributed by atoms with Gasteiger partial charge in [-0.05, 0) is 24.3 Å². The lowest BCUT2D eigenvalue weighted by Crippen LogP contribution is -2.00. The molecule has 0 aromatic carbocycles. The summed E-state index contributed by atoms with van der Waals surface area (Å²) < 4.78 is 39.1. The number of halogens is 4. The lowest BCUT2D eigenvalue weighted by atomic mass is 10.3. The maximum atomic E-state index is 12.6. The number of aromatic nitrogens is 3. The van der Waals surface area contributed by atoms with Crippen molar-refractivity contribution in [3.05, 3.63) is 40.5 Å². The van der Waals surface area contributed by atoms with Gasteiger partial charge in [0.1, 0.15) is 15.7 Å². The first-order chi connectivity index (χ1) is 8.95. The van der Waals surface area contributed by atoms with Crippen molar-refractivity contribution in [2.45, 2.75) is 6.18 Å². The lowest BCUT2D eigenvalue weighted by molar-refractivity contribution is -0.134. The van der Waals surface area contributed by atoms with E-state index in [1.54, 1.807) is 12.1 Å². The summed E-state index contributed by atoms with van der Waals surface area (Å²) in [5.74, 6) is 0. The standard InChI is InChI=1S/C11H5ClF3N3S/c12-9-3-4-10-16-5-6(18(10)17-9)7-1-2-8(19-7)11(13,14)15/h1-5H. The summed E-state index contributed by atoms with van der Waals surface area (Å²) in [5.41, 5.74) is 1.01. The van der Waals surface area contributed by atoms with Gasteiger partial charge in [-0.1, -0.05) is 11.6 Å². The van der Waals surface area contributed by atoms with Gasteiger partial charge in [0.25, 0.3) is 0 Å². The van der Waals surface area contributed by atoms with Crippen LogP contribution in [-0.2, 0) is 6.18 Å². The number of fused-ring (bicyclic) bond motifs is 1. The molecule has 0 spiro atoms. The highest BCUT2D eigenvalue weighted by molar-refractivity contribution is 7.15. The Morgan fingerprint density at radius 2 is 1.95 bits per heavy atom. The van der Waals surface area contributed by atoms with Crippen LogP contribution in [0, 0.1) is 0 Å². The Labute approximate surface area is 114 Å². The molecule has 0 aliphatic carbocycles. The predicted molar refractivity (Wildman–Crippen MR) is 66.3 cm³/mol. The van der Waals surface area contributed by atoms with Crippen LogP contribution in [0.1, 0.15) is 4.88 Å². The fourth-order valence-electron chi connectivity index (χ4n) is 1.65. The number of imidazole rings is 1. The molecule has 8 heteroatoms. The van der Waals surface area contributed by atoms with Gasteiger partial charge in [-0.3, -0.25) is 0 Å². The molecule has 3 heterocycles. The van der Waals surface area contributed by atoms with E-state index < -0.39 is 11.1 Å². The molecule has 0 unspecified atom stereocenters. The third-order valence-electron chi connectivity index (χ3n) is 2.47. The smallest absolute Gasteiger partial charge is 0.235 e. The number of hydrogen-bond acceptors (Lipinski definition) is 3. The Bertz CT molecular complexity index is 747. The summed E-state index contributed by atoms with van der Waals surface area (Å²) in [6.45, 7) is 0. The van der Waals surface area contributed by atoms with E-state index in [0.29, 0.717) is 27.6 Å². The Kier molecular flexibility index (Phi) is 2.75. The van der Waals surface area contributed by atoms with Gasteiger partial charge in [-0.15, -0.1) is 11.3 Å². The van der Waals surface area contributed by atoms with Gasteiger partial charge < -0.3 is 0 Å². The van der Waals surface area contributed by atoms with Gasteiger partial charge in [0.05, 0.1) is 11.1 Å². The first kappa shape index (κ1) is 12.4. The Hall–Kier alpha value is -1.60. The monoisotopic (exact) mass is 303 g/mol. The van der Waals surface area contributed by atoms with Gasteiger partial charge in [0, 0.05) is 0 Å². The van der Waals surface area contributed by atoms with Crippen molar-refractivity contribution >= 4 is 28.6 Å². The minimum absolute atomic E-state index is 0.249. The maximum absolute atomic E-state index is 12.6. The predicted octanol–water partition coefficient (Wildman–Crippen LogP) is 4.13. The van der Waals surface area contributed by atoms with Crippen molar-refractivity contribution in [2.75, 3.05) is 0 Å². The zero-order valence-corrected chi connectivity index (χ0v) is 10.7. The highest BCUT2D eigenvalue weighted by Gasteiger charge is 2.32. The summed E-state index contributed by atoms with van der Waals surface area (Å²) in [6.07, 6.45) is -2.86. The topological polar surface area (TPSA) is 30.2 Å². The van der Waals surface area contributed by atoms with Crippen LogP contribution in [0.2, 0.25) is 5.15 Å². The van der Waals surface area contributed by atoms with Crippen molar-refractivity contribution < 1.29 is 13.2 Å². The van der Waals surface area contributed by atoms with Crippen LogP contribution >= 0.6 is 22.9 Å². The lowest BCUT2D eigenvalue weighted by Gasteiger charge is -2.01. The van der Waals surface area contributed by atoms with E-state index in [-0.39, 0.29) is 5.15 Å². The second-order valence-corrected chi connectivity index (χ2v) is 5.20. The molecule has 0 aliphatic heterocycles.